The predicted molar refractivity (Wildman–Crippen MR) is 131 cm³/mol. The molecule has 0 spiro atoms. The molecule has 1 atom stereocenters. The van der Waals surface area contributed by atoms with E-state index in [0.29, 0.717) is 35.1 Å². The third-order valence-electron chi connectivity index (χ3n) is 6.40. The Morgan fingerprint density at radius 2 is 2.00 bits per heavy atom. The van der Waals surface area contributed by atoms with Crippen LogP contribution in [-0.2, 0) is 11.0 Å². The van der Waals surface area contributed by atoms with Crippen molar-refractivity contribution in [3.63, 3.8) is 0 Å². The third kappa shape index (κ3) is 4.78. The highest BCUT2D eigenvalue weighted by Crippen LogP contribution is 2.41. The smallest absolute Gasteiger partial charge is 0.455 e. The van der Waals surface area contributed by atoms with Crippen molar-refractivity contribution in [1.82, 2.24) is 35.0 Å². The average molecular weight is 535 g/mol. The number of rotatable bonds is 5. The van der Waals surface area contributed by atoms with Crippen LogP contribution in [0, 0.1) is 0 Å². The van der Waals surface area contributed by atoms with Crippen LogP contribution >= 0.6 is 0 Å². The standard InChI is InChI=1S/C26H20F3N7O3/c1-14(37)36-10-4-6-21(36)16-11-19-20(33-23(32-19)17-5-2-3-9-30-17)12-22(16)38-15-7-8-18(31-13-15)24-34-25(39-35-24)26(27,28)29/h2-3,5,7-9,11-13,21H,4,6,10H2,1H3,(H,32,33). The number of aromatic amines is 1. The summed E-state index contributed by atoms with van der Waals surface area (Å²) in [7, 11) is 0. The van der Waals surface area contributed by atoms with E-state index in [1.807, 2.05) is 24.3 Å². The number of carbonyl (C=O) groups is 1. The predicted octanol–water partition coefficient (Wildman–Crippen LogP) is 5.56. The highest BCUT2D eigenvalue weighted by atomic mass is 19.4. The molecule has 1 aromatic carbocycles. The van der Waals surface area contributed by atoms with Crippen molar-refractivity contribution in [3.8, 4) is 34.5 Å². The van der Waals surface area contributed by atoms with Crippen LogP contribution in [0.3, 0.4) is 0 Å². The summed E-state index contributed by atoms with van der Waals surface area (Å²) < 4.78 is 48.9. The number of fused-ring (bicyclic) bond motifs is 1. The zero-order valence-electron chi connectivity index (χ0n) is 20.4. The Morgan fingerprint density at radius 1 is 1.13 bits per heavy atom. The average Bonchev–Trinajstić information content (AvgIpc) is 3.68. The molecule has 0 radical (unpaired) electrons. The zero-order chi connectivity index (χ0) is 27.1. The number of pyridine rings is 2. The van der Waals surface area contributed by atoms with E-state index < -0.39 is 12.1 Å². The van der Waals surface area contributed by atoms with Gasteiger partial charge in [-0.2, -0.15) is 18.2 Å². The Hall–Kier alpha value is -4.81. The van der Waals surface area contributed by atoms with Gasteiger partial charge in [0.1, 0.15) is 22.9 Å². The first kappa shape index (κ1) is 24.5. The van der Waals surface area contributed by atoms with E-state index in [4.69, 9.17) is 4.74 Å². The van der Waals surface area contributed by atoms with Gasteiger partial charge in [-0.05, 0) is 43.2 Å². The number of amides is 1. The molecule has 1 aliphatic rings. The monoisotopic (exact) mass is 535 g/mol. The molecule has 1 saturated heterocycles. The number of carbonyl (C=O) groups excluding carboxylic acids is 1. The molecule has 198 valence electrons. The van der Waals surface area contributed by atoms with E-state index in [9.17, 15) is 18.0 Å². The second-order valence-corrected chi connectivity index (χ2v) is 8.98. The van der Waals surface area contributed by atoms with Crippen LogP contribution in [0.2, 0.25) is 0 Å². The van der Waals surface area contributed by atoms with Gasteiger partial charge in [-0.15, -0.1) is 0 Å². The van der Waals surface area contributed by atoms with Crippen LogP contribution in [0.25, 0.3) is 34.1 Å². The van der Waals surface area contributed by atoms with Gasteiger partial charge in [0.2, 0.25) is 11.7 Å². The van der Waals surface area contributed by atoms with Gasteiger partial charge in [-0.3, -0.25) is 9.78 Å². The van der Waals surface area contributed by atoms with Crippen molar-refractivity contribution >= 4 is 16.9 Å². The number of imidazole rings is 1. The fourth-order valence-corrected chi connectivity index (χ4v) is 4.64. The Bertz CT molecular complexity index is 1650. The van der Waals surface area contributed by atoms with Gasteiger partial charge in [-0.25, -0.2) is 9.97 Å². The van der Waals surface area contributed by atoms with Crippen LogP contribution in [-0.4, -0.2) is 47.4 Å². The lowest BCUT2D eigenvalue weighted by atomic mass is 10.0. The summed E-state index contributed by atoms with van der Waals surface area (Å²) in [4.78, 5) is 34.0. The molecule has 0 bridgehead atoms. The summed E-state index contributed by atoms with van der Waals surface area (Å²) in [5.41, 5.74) is 2.96. The number of hydrogen-bond acceptors (Lipinski definition) is 8. The van der Waals surface area contributed by atoms with E-state index in [2.05, 4.69) is 34.6 Å². The number of H-pyrrole nitrogens is 1. The molecule has 0 aliphatic carbocycles. The van der Waals surface area contributed by atoms with Gasteiger partial charge in [0, 0.05) is 31.3 Å². The first-order valence-corrected chi connectivity index (χ1v) is 12.0. The summed E-state index contributed by atoms with van der Waals surface area (Å²) in [5.74, 6) is -0.384. The number of alkyl halides is 3. The third-order valence-corrected chi connectivity index (χ3v) is 6.40. The first-order chi connectivity index (χ1) is 18.8. The summed E-state index contributed by atoms with van der Waals surface area (Å²) in [6.45, 7) is 2.18. The molecular formula is C26H20F3N7O3. The molecule has 5 heterocycles. The molecule has 5 aromatic rings. The van der Waals surface area contributed by atoms with Gasteiger partial charge in [0.15, 0.2) is 5.82 Å². The molecule has 39 heavy (non-hydrogen) atoms. The van der Waals surface area contributed by atoms with Crippen LogP contribution in [0.4, 0.5) is 13.2 Å². The van der Waals surface area contributed by atoms with E-state index in [1.165, 1.54) is 19.2 Å². The number of likely N-dealkylation sites (tertiary alicyclic amines) is 1. The second kappa shape index (κ2) is 9.49. The first-order valence-electron chi connectivity index (χ1n) is 12.0. The van der Waals surface area contributed by atoms with E-state index in [1.54, 1.807) is 23.2 Å². The Balaban J connectivity index is 1.36. The molecule has 1 N–H and O–H groups in total. The van der Waals surface area contributed by atoms with Gasteiger partial charge in [0.25, 0.3) is 0 Å². The van der Waals surface area contributed by atoms with Crippen molar-refractivity contribution in [1.29, 1.82) is 0 Å². The molecule has 6 rings (SSSR count). The fourth-order valence-electron chi connectivity index (χ4n) is 4.64. The summed E-state index contributed by atoms with van der Waals surface area (Å²) in [6, 6.07) is 12.0. The number of hydrogen-bond donors (Lipinski definition) is 1. The number of aromatic nitrogens is 6. The molecule has 1 aliphatic heterocycles. The van der Waals surface area contributed by atoms with E-state index >= 15 is 0 Å². The molecule has 1 fully saturated rings. The number of ether oxygens (including phenoxy) is 1. The van der Waals surface area contributed by atoms with Gasteiger partial charge >= 0.3 is 12.1 Å². The van der Waals surface area contributed by atoms with Crippen LogP contribution in [0.1, 0.15) is 37.3 Å². The largest absolute Gasteiger partial charge is 0.471 e. The van der Waals surface area contributed by atoms with Crippen molar-refractivity contribution in [2.45, 2.75) is 32.0 Å². The maximum Gasteiger partial charge on any atom is 0.471 e. The lowest BCUT2D eigenvalue weighted by molar-refractivity contribution is -0.159. The maximum atomic E-state index is 12.8. The summed E-state index contributed by atoms with van der Waals surface area (Å²) in [6.07, 6.45) is -0.0981. The molecule has 0 saturated carbocycles. The number of nitrogens with zero attached hydrogens (tertiary/aromatic N) is 6. The molecule has 1 amide bonds. The highest BCUT2D eigenvalue weighted by Gasteiger charge is 2.38. The van der Waals surface area contributed by atoms with Crippen molar-refractivity contribution in [2.24, 2.45) is 0 Å². The minimum Gasteiger partial charge on any atom is -0.455 e. The normalized spacial score (nSPS) is 15.7. The topological polar surface area (TPSA) is 123 Å². The SMILES string of the molecule is CC(=O)N1CCCC1c1cc2[nH]c(-c3ccccn3)nc2cc1Oc1ccc(-c2noc(C(F)(F)F)n2)nc1. The van der Waals surface area contributed by atoms with E-state index in [0.717, 1.165) is 23.9 Å². The van der Waals surface area contributed by atoms with Crippen molar-refractivity contribution in [2.75, 3.05) is 6.54 Å². The minimum atomic E-state index is -4.75. The lowest BCUT2D eigenvalue weighted by Gasteiger charge is -2.25. The Morgan fingerprint density at radius 3 is 2.69 bits per heavy atom. The summed E-state index contributed by atoms with van der Waals surface area (Å²) >= 11 is 0. The van der Waals surface area contributed by atoms with Gasteiger partial charge in [0.05, 0.1) is 23.3 Å². The number of nitrogens with one attached hydrogen (secondary N) is 1. The molecule has 4 aromatic heterocycles. The lowest BCUT2D eigenvalue weighted by Crippen LogP contribution is -2.28. The fraction of sp³-hybridized carbons (Fsp3) is 0.231. The number of benzene rings is 1. The van der Waals surface area contributed by atoms with Crippen LogP contribution < -0.4 is 4.74 Å². The molecular weight excluding hydrogens is 515 g/mol. The highest BCUT2D eigenvalue weighted by molar-refractivity contribution is 5.82. The van der Waals surface area contributed by atoms with Gasteiger partial charge in [-0.1, -0.05) is 11.2 Å². The summed E-state index contributed by atoms with van der Waals surface area (Å²) in [5, 5.41) is 3.36. The quantitative estimate of drug-likeness (QED) is 0.310. The molecule has 13 heteroatoms. The van der Waals surface area contributed by atoms with E-state index in [-0.39, 0.29) is 23.5 Å². The van der Waals surface area contributed by atoms with Crippen molar-refractivity contribution in [3.05, 3.63) is 66.3 Å². The van der Waals surface area contributed by atoms with Gasteiger partial charge < -0.3 is 19.1 Å². The second-order valence-electron chi connectivity index (χ2n) is 8.98. The van der Waals surface area contributed by atoms with Crippen molar-refractivity contribution < 1.29 is 27.2 Å². The molecule has 1 unspecified atom stereocenters. The number of halogens is 3. The molecule has 10 nitrogen and oxygen atoms in total. The van der Waals surface area contributed by atoms with Crippen LogP contribution in [0.15, 0.2) is 59.4 Å². The van der Waals surface area contributed by atoms with Crippen LogP contribution in [0.5, 0.6) is 11.5 Å². The Labute approximate surface area is 218 Å². The minimum absolute atomic E-state index is 0.0355. The maximum absolute atomic E-state index is 12.8. The Kier molecular flexibility index (Phi) is 5.97. The zero-order valence-corrected chi connectivity index (χ0v) is 20.4.